The number of nitro benzene ring substituents is 1. The van der Waals surface area contributed by atoms with E-state index in [0.717, 1.165) is 25.3 Å². The van der Waals surface area contributed by atoms with E-state index in [1.54, 1.807) is 0 Å². The number of nitrogens with zero attached hydrogens (tertiary/aromatic N) is 3. The molecule has 0 unspecified atom stereocenters. The maximum atomic E-state index is 12.2. The van der Waals surface area contributed by atoms with Gasteiger partial charge in [-0.05, 0) is 12.0 Å². The van der Waals surface area contributed by atoms with Crippen LogP contribution < -0.4 is 0 Å². The number of esters is 2. The zero-order valence-electron chi connectivity index (χ0n) is 14.4. The van der Waals surface area contributed by atoms with Gasteiger partial charge < -0.3 is 14.0 Å². The number of hydrogen-bond donors (Lipinski definition) is 0. The number of aromatic nitrogens is 2. The zero-order valence-corrected chi connectivity index (χ0v) is 14.4. The van der Waals surface area contributed by atoms with Crippen LogP contribution in [0.4, 0.5) is 5.69 Å². The van der Waals surface area contributed by atoms with Gasteiger partial charge in [-0.15, -0.1) is 0 Å². The van der Waals surface area contributed by atoms with Crippen molar-refractivity contribution >= 4 is 17.6 Å². The van der Waals surface area contributed by atoms with E-state index in [4.69, 9.17) is 9.26 Å². The van der Waals surface area contributed by atoms with Crippen LogP contribution in [0.2, 0.25) is 0 Å². The van der Waals surface area contributed by atoms with Gasteiger partial charge >= 0.3 is 11.9 Å². The highest BCUT2D eigenvalue weighted by molar-refractivity contribution is 5.96. The molecule has 1 aromatic heterocycles. The summed E-state index contributed by atoms with van der Waals surface area (Å²) in [4.78, 5) is 38.1. The number of nitro groups is 1. The first-order valence-electron chi connectivity index (χ1n) is 7.66. The van der Waals surface area contributed by atoms with Crippen LogP contribution in [0.5, 0.6) is 0 Å². The summed E-state index contributed by atoms with van der Waals surface area (Å²) in [5.74, 6) is -0.743. The molecular formula is C16H17N3O7. The molecule has 0 N–H and O–H groups in total. The zero-order chi connectivity index (χ0) is 19.3. The fourth-order valence-corrected chi connectivity index (χ4v) is 2.08. The number of rotatable bonds is 7. The Morgan fingerprint density at radius 1 is 1.23 bits per heavy atom. The quantitative estimate of drug-likeness (QED) is 0.412. The molecule has 0 saturated carbocycles. The Morgan fingerprint density at radius 2 is 1.88 bits per heavy atom. The van der Waals surface area contributed by atoms with Crippen molar-refractivity contribution in [2.24, 2.45) is 5.92 Å². The molecule has 1 aromatic carbocycles. The van der Waals surface area contributed by atoms with Crippen LogP contribution in [0.1, 0.15) is 46.3 Å². The van der Waals surface area contributed by atoms with E-state index in [-0.39, 0.29) is 23.6 Å². The maximum Gasteiger partial charge on any atom is 0.338 e. The molecule has 0 radical (unpaired) electrons. The minimum atomic E-state index is -0.873. The molecule has 138 valence electrons. The predicted octanol–water partition coefficient (Wildman–Crippen LogP) is 2.32. The highest BCUT2D eigenvalue weighted by atomic mass is 16.6. The summed E-state index contributed by atoms with van der Waals surface area (Å²) in [5, 5.41) is 14.7. The second-order valence-corrected chi connectivity index (χ2v) is 5.80. The molecule has 0 spiro atoms. The van der Waals surface area contributed by atoms with Gasteiger partial charge in [0.15, 0.2) is 12.4 Å². The molecule has 26 heavy (non-hydrogen) atoms. The third-order valence-electron chi connectivity index (χ3n) is 3.21. The molecule has 0 bridgehead atoms. The van der Waals surface area contributed by atoms with Crippen molar-refractivity contribution < 1.29 is 28.5 Å². The molecule has 10 nitrogen and oxygen atoms in total. The van der Waals surface area contributed by atoms with Gasteiger partial charge in [-0.2, -0.15) is 4.98 Å². The number of methoxy groups -OCH3 is 1. The number of ether oxygens (including phenoxy) is 2. The molecule has 2 rings (SSSR count). The molecule has 0 amide bonds. The summed E-state index contributed by atoms with van der Waals surface area (Å²) in [6.45, 7) is 3.70. The van der Waals surface area contributed by atoms with E-state index >= 15 is 0 Å². The topological polar surface area (TPSA) is 135 Å². The average Bonchev–Trinajstić information content (AvgIpc) is 3.05. The standard InChI is InChI=1S/C16H17N3O7/c1-9(2)4-13-17-14(26-18-13)8-25-16(21)11-5-10(15(20)24-3)6-12(7-11)19(22)23/h5-7,9H,4,8H2,1-3H3. The Kier molecular flexibility index (Phi) is 5.99. The molecule has 0 atom stereocenters. The minimum Gasteiger partial charge on any atom is -0.465 e. The van der Waals surface area contributed by atoms with Crippen molar-refractivity contribution in [2.75, 3.05) is 7.11 Å². The SMILES string of the molecule is COC(=O)c1cc(C(=O)OCc2nc(CC(C)C)no2)cc([N+](=O)[O-])c1. The lowest BCUT2D eigenvalue weighted by atomic mass is 10.1. The molecule has 2 aromatic rings. The molecule has 0 aliphatic carbocycles. The highest BCUT2D eigenvalue weighted by Crippen LogP contribution is 2.19. The van der Waals surface area contributed by atoms with Gasteiger partial charge in [-0.25, -0.2) is 9.59 Å². The summed E-state index contributed by atoms with van der Waals surface area (Å²) in [7, 11) is 1.13. The Labute approximate surface area is 148 Å². The van der Waals surface area contributed by atoms with Crippen LogP contribution in [0.25, 0.3) is 0 Å². The van der Waals surface area contributed by atoms with Gasteiger partial charge in [0, 0.05) is 18.6 Å². The summed E-state index contributed by atoms with van der Waals surface area (Å²) in [6.07, 6.45) is 0.616. The monoisotopic (exact) mass is 363 g/mol. The Bertz CT molecular complexity index is 829. The van der Waals surface area contributed by atoms with Crippen molar-refractivity contribution in [2.45, 2.75) is 26.9 Å². The third-order valence-corrected chi connectivity index (χ3v) is 3.21. The van der Waals surface area contributed by atoms with E-state index in [1.165, 1.54) is 0 Å². The van der Waals surface area contributed by atoms with Crippen LogP contribution in [-0.2, 0) is 22.5 Å². The molecule has 0 aliphatic heterocycles. The molecule has 0 aliphatic rings. The van der Waals surface area contributed by atoms with Crippen LogP contribution >= 0.6 is 0 Å². The van der Waals surface area contributed by atoms with Crippen molar-refractivity contribution in [1.82, 2.24) is 10.1 Å². The lowest BCUT2D eigenvalue weighted by Crippen LogP contribution is -2.09. The van der Waals surface area contributed by atoms with Crippen molar-refractivity contribution in [3.05, 3.63) is 51.2 Å². The maximum absolute atomic E-state index is 12.2. The van der Waals surface area contributed by atoms with E-state index in [0.29, 0.717) is 18.2 Å². The second-order valence-electron chi connectivity index (χ2n) is 5.80. The lowest BCUT2D eigenvalue weighted by molar-refractivity contribution is -0.384. The van der Waals surface area contributed by atoms with Gasteiger partial charge in [-0.3, -0.25) is 10.1 Å². The highest BCUT2D eigenvalue weighted by Gasteiger charge is 2.20. The third kappa shape index (κ3) is 4.85. The predicted molar refractivity (Wildman–Crippen MR) is 86.4 cm³/mol. The van der Waals surface area contributed by atoms with Crippen LogP contribution in [-0.4, -0.2) is 34.1 Å². The van der Waals surface area contributed by atoms with Crippen LogP contribution in [0, 0.1) is 16.0 Å². The molecule has 0 fully saturated rings. The lowest BCUT2D eigenvalue weighted by Gasteiger charge is -2.05. The summed E-state index contributed by atoms with van der Waals surface area (Å²) in [6, 6.07) is 3.17. The second kappa shape index (κ2) is 8.19. The van der Waals surface area contributed by atoms with Gasteiger partial charge in [-0.1, -0.05) is 19.0 Å². The van der Waals surface area contributed by atoms with Gasteiger partial charge in [0.1, 0.15) is 0 Å². The summed E-state index contributed by atoms with van der Waals surface area (Å²) in [5.41, 5.74) is -0.732. The first kappa shape index (κ1) is 19.0. The van der Waals surface area contributed by atoms with Crippen molar-refractivity contribution in [1.29, 1.82) is 0 Å². The molecule has 1 heterocycles. The fraction of sp³-hybridized carbons (Fsp3) is 0.375. The smallest absolute Gasteiger partial charge is 0.338 e. The largest absolute Gasteiger partial charge is 0.465 e. The first-order valence-corrected chi connectivity index (χ1v) is 7.66. The Morgan fingerprint density at radius 3 is 2.46 bits per heavy atom. The van der Waals surface area contributed by atoms with E-state index < -0.39 is 22.5 Å². The summed E-state index contributed by atoms with van der Waals surface area (Å²) < 4.78 is 14.5. The van der Waals surface area contributed by atoms with Crippen LogP contribution in [0.3, 0.4) is 0 Å². The van der Waals surface area contributed by atoms with Crippen LogP contribution in [0.15, 0.2) is 22.7 Å². The average molecular weight is 363 g/mol. The van der Waals surface area contributed by atoms with Crippen molar-refractivity contribution in [3.8, 4) is 0 Å². The summed E-state index contributed by atoms with van der Waals surface area (Å²) >= 11 is 0. The number of carbonyl (C=O) groups is 2. The Hall–Kier alpha value is -3.30. The van der Waals surface area contributed by atoms with Gasteiger partial charge in [0.05, 0.1) is 23.2 Å². The normalized spacial score (nSPS) is 10.6. The molecule has 10 heteroatoms. The minimum absolute atomic E-state index is 0.104. The number of non-ortho nitro benzene ring substituents is 1. The van der Waals surface area contributed by atoms with Gasteiger partial charge in [0.25, 0.3) is 11.6 Å². The van der Waals surface area contributed by atoms with Gasteiger partial charge in [0.2, 0.25) is 0 Å². The van der Waals surface area contributed by atoms with E-state index in [1.807, 2.05) is 13.8 Å². The fourth-order valence-electron chi connectivity index (χ4n) is 2.08. The first-order chi connectivity index (χ1) is 12.3. The Balaban J connectivity index is 2.13. The molecule has 0 saturated heterocycles. The molecular weight excluding hydrogens is 346 g/mol. The number of hydrogen-bond acceptors (Lipinski definition) is 9. The number of benzene rings is 1. The number of carbonyl (C=O) groups excluding carboxylic acids is 2. The van der Waals surface area contributed by atoms with E-state index in [2.05, 4.69) is 14.9 Å². The van der Waals surface area contributed by atoms with E-state index in [9.17, 15) is 19.7 Å². The van der Waals surface area contributed by atoms with Crippen molar-refractivity contribution in [3.63, 3.8) is 0 Å².